The minimum Gasteiger partial charge on any atom is -0.480 e. The van der Waals surface area contributed by atoms with E-state index in [9.17, 15) is 14.4 Å². The molecule has 0 unspecified atom stereocenters. The molecule has 3 N–H and O–H groups in total. The zero-order valence-electron chi connectivity index (χ0n) is 10.6. The first kappa shape index (κ1) is 16.2. The standard InChI is InChI=1S/C10H18N2O6/c1-10(2,6-18-3)11-9(17)12(4-7(13)14)5-8(15)16/h4-6H2,1-3H3,(H,11,17)(H,13,14)(H,15,16). The van der Waals surface area contributed by atoms with Gasteiger partial charge in [-0.15, -0.1) is 0 Å². The summed E-state index contributed by atoms with van der Waals surface area (Å²) in [6, 6.07) is -0.762. The molecular formula is C10H18N2O6. The highest BCUT2D eigenvalue weighted by atomic mass is 16.5. The molecule has 0 radical (unpaired) electrons. The number of ether oxygens (including phenoxy) is 1. The summed E-state index contributed by atoms with van der Waals surface area (Å²) in [7, 11) is 1.46. The molecular weight excluding hydrogens is 244 g/mol. The average molecular weight is 262 g/mol. The third kappa shape index (κ3) is 6.69. The number of amides is 2. The van der Waals surface area contributed by atoms with Gasteiger partial charge in [0.15, 0.2) is 0 Å². The van der Waals surface area contributed by atoms with Crippen molar-refractivity contribution < 1.29 is 29.3 Å². The lowest BCUT2D eigenvalue weighted by Crippen LogP contribution is -2.54. The first-order valence-corrected chi connectivity index (χ1v) is 5.17. The van der Waals surface area contributed by atoms with Crippen molar-refractivity contribution in [1.29, 1.82) is 0 Å². The van der Waals surface area contributed by atoms with E-state index >= 15 is 0 Å². The number of nitrogens with zero attached hydrogens (tertiary/aromatic N) is 1. The summed E-state index contributed by atoms with van der Waals surface area (Å²) >= 11 is 0. The molecule has 0 saturated carbocycles. The molecule has 8 nitrogen and oxygen atoms in total. The number of hydrogen-bond donors (Lipinski definition) is 3. The molecule has 0 atom stereocenters. The maximum atomic E-state index is 11.7. The minimum absolute atomic E-state index is 0.215. The molecule has 0 aromatic heterocycles. The van der Waals surface area contributed by atoms with Crippen LogP contribution in [0.2, 0.25) is 0 Å². The van der Waals surface area contributed by atoms with Crippen LogP contribution in [0.5, 0.6) is 0 Å². The Kier molecular flexibility index (Phi) is 6.11. The van der Waals surface area contributed by atoms with Gasteiger partial charge >= 0.3 is 18.0 Å². The van der Waals surface area contributed by atoms with Gasteiger partial charge in [0.25, 0.3) is 0 Å². The highest BCUT2D eigenvalue weighted by Gasteiger charge is 2.26. The number of carboxylic acid groups (broad SMARTS) is 2. The fourth-order valence-electron chi connectivity index (χ4n) is 1.29. The monoisotopic (exact) mass is 262 g/mol. The molecule has 0 aliphatic carbocycles. The molecule has 0 aliphatic heterocycles. The van der Waals surface area contributed by atoms with Crippen molar-refractivity contribution in [2.24, 2.45) is 0 Å². The van der Waals surface area contributed by atoms with E-state index in [1.54, 1.807) is 13.8 Å². The molecule has 104 valence electrons. The number of urea groups is 1. The maximum absolute atomic E-state index is 11.7. The molecule has 0 spiro atoms. The third-order valence-corrected chi connectivity index (χ3v) is 1.89. The van der Waals surface area contributed by atoms with E-state index in [2.05, 4.69) is 5.32 Å². The van der Waals surface area contributed by atoms with Crippen LogP contribution < -0.4 is 5.32 Å². The van der Waals surface area contributed by atoms with E-state index in [1.165, 1.54) is 7.11 Å². The number of methoxy groups -OCH3 is 1. The summed E-state index contributed by atoms with van der Waals surface area (Å²) in [5.74, 6) is -2.56. The second-order valence-electron chi connectivity index (χ2n) is 4.39. The van der Waals surface area contributed by atoms with Crippen LogP contribution >= 0.6 is 0 Å². The van der Waals surface area contributed by atoms with Gasteiger partial charge in [-0.3, -0.25) is 9.59 Å². The Labute approximate surface area is 105 Å². The van der Waals surface area contributed by atoms with Gasteiger partial charge in [0.05, 0.1) is 12.1 Å². The van der Waals surface area contributed by atoms with Gasteiger partial charge in [-0.25, -0.2) is 4.79 Å². The maximum Gasteiger partial charge on any atom is 0.323 e. The quantitative estimate of drug-likeness (QED) is 0.574. The number of hydrogen-bond acceptors (Lipinski definition) is 4. The first-order valence-electron chi connectivity index (χ1n) is 5.17. The summed E-state index contributed by atoms with van der Waals surface area (Å²) in [4.78, 5) is 33.5. The van der Waals surface area contributed by atoms with Gasteiger partial charge in [0, 0.05) is 7.11 Å². The molecule has 2 amide bonds. The Morgan fingerprint density at radius 2 is 1.61 bits per heavy atom. The fourth-order valence-corrected chi connectivity index (χ4v) is 1.29. The van der Waals surface area contributed by atoms with E-state index < -0.39 is 36.6 Å². The third-order valence-electron chi connectivity index (χ3n) is 1.89. The molecule has 0 saturated heterocycles. The normalized spacial score (nSPS) is 10.8. The Balaban J connectivity index is 4.64. The molecule has 18 heavy (non-hydrogen) atoms. The fraction of sp³-hybridized carbons (Fsp3) is 0.700. The number of carbonyl (C=O) groups excluding carboxylic acids is 1. The summed E-state index contributed by atoms with van der Waals surface area (Å²) in [5.41, 5.74) is -0.721. The summed E-state index contributed by atoms with van der Waals surface area (Å²) in [6.45, 7) is 2.21. The molecule has 0 aliphatic rings. The van der Waals surface area contributed by atoms with Crippen molar-refractivity contribution in [1.82, 2.24) is 10.2 Å². The van der Waals surface area contributed by atoms with E-state index in [1.807, 2.05) is 0 Å². The zero-order chi connectivity index (χ0) is 14.3. The molecule has 0 bridgehead atoms. The van der Waals surface area contributed by atoms with Crippen molar-refractivity contribution >= 4 is 18.0 Å². The van der Waals surface area contributed by atoms with Gasteiger partial charge < -0.3 is 25.2 Å². The lowest BCUT2D eigenvalue weighted by Gasteiger charge is -2.29. The van der Waals surface area contributed by atoms with Crippen LogP contribution in [-0.4, -0.2) is 65.4 Å². The lowest BCUT2D eigenvalue weighted by atomic mass is 10.1. The topological polar surface area (TPSA) is 116 Å². The van der Waals surface area contributed by atoms with Gasteiger partial charge in [-0.2, -0.15) is 0 Å². The number of rotatable bonds is 7. The van der Waals surface area contributed by atoms with Crippen LogP contribution in [0.15, 0.2) is 0 Å². The van der Waals surface area contributed by atoms with Crippen LogP contribution in [0.1, 0.15) is 13.8 Å². The first-order chi connectivity index (χ1) is 8.18. The van der Waals surface area contributed by atoms with Crippen molar-refractivity contribution in [2.45, 2.75) is 19.4 Å². The van der Waals surface area contributed by atoms with Crippen LogP contribution in [0.3, 0.4) is 0 Å². The molecule has 0 aromatic carbocycles. The van der Waals surface area contributed by atoms with E-state index in [0.717, 1.165) is 0 Å². The molecule has 8 heteroatoms. The second-order valence-corrected chi connectivity index (χ2v) is 4.39. The Bertz CT molecular complexity index is 312. The van der Waals surface area contributed by atoms with Crippen LogP contribution in [-0.2, 0) is 14.3 Å². The van der Waals surface area contributed by atoms with Crippen molar-refractivity contribution in [3.05, 3.63) is 0 Å². The van der Waals surface area contributed by atoms with Crippen LogP contribution in [0.4, 0.5) is 4.79 Å². The lowest BCUT2D eigenvalue weighted by molar-refractivity contribution is -0.140. The smallest absolute Gasteiger partial charge is 0.323 e. The van der Waals surface area contributed by atoms with Gasteiger partial charge in [0.2, 0.25) is 0 Å². The number of nitrogens with one attached hydrogen (secondary N) is 1. The van der Waals surface area contributed by atoms with E-state index in [4.69, 9.17) is 14.9 Å². The van der Waals surface area contributed by atoms with Crippen LogP contribution in [0, 0.1) is 0 Å². The second kappa shape index (κ2) is 6.80. The Hall–Kier alpha value is -1.83. The summed E-state index contributed by atoms with van der Waals surface area (Å²) in [6.07, 6.45) is 0. The van der Waals surface area contributed by atoms with Gasteiger partial charge in [-0.1, -0.05) is 0 Å². The summed E-state index contributed by atoms with van der Waals surface area (Å²) in [5, 5.41) is 19.7. The largest absolute Gasteiger partial charge is 0.480 e. The molecule has 0 rings (SSSR count). The zero-order valence-corrected chi connectivity index (χ0v) is 10.6. The van der Waals surface area contributed by atoms with Crippen molar-refractivity contribution in [3.63, 3.8) is 0 Å². The Morgan fingerprint density at radius 1 is 1.17 bits per heavy atom. The predicted molar refractivity (Wildman–Crippen MR) is 61.3 cm³/mol. The Morgan fingerprint density at radius 3 is 1.94 bits per heavy atom. The van der Waals surface area contributed by atoms with E-state index in [0.29, 0.717) is 4.90 Å². The molecule has 0 heterocycles. The van der Waals surface area contributed by atoms with E-state index in [-0.39, 0.29) is 6.61 Å². The molecule has 0 fully saturated rings. The molecule has 0 aromatic rings. The minimum atomic E-state index is -1.28. The summed E-state index contributed by atoms with van der Waals surface area (Å²) < 4.78 is 4.88. The SMILES string of the molecule is COCC(C)(C)NC(=O)N(CC(=O)O)CC(=O)O. The van der Waals surface area contributed by atoms with Crippen molar-refractivity contribution in [3.8, 4) is 0 Å². The van der Waals surface area contributed by atoms with Gasteiger partial charge in [0.1, 0.15) is 13.1 Å². The van der Waals surface area contributed by atoms with Crippen LogP contribution in [0.25, 0.3) is 0 Å². The number of carboxylic acids is 2. The average Bonchev–Trinajstić information content (AvgIpc) is 2.13. The predicted octanol–water partition coefficient (Wildman–Crippen LogP) is -0.408. The highest BCUT2D eigenvalue weighted by molar-refractivity contribution is 5.84. The van der Waals surface area contributed by atoms with Gasteiger partial charge in [-0.05, 0) is 13.8 Å². The number of carbonyl (C=O) groups is 3. The van der Waals surface area contributed by atoms with Crippen molar-refractivity contribution in [2.75, 3.05) is 26.8 Å². The number of aliphatic carboxylic acids is 2. The highest BCUT2D eigenvalue weighted by Crippen LogP contribution is 2.04.